The number of hydrogen-bond donors (Lipinski definition) is 0. The van der Waals surface area contributed by atoms with Gasteiger partial charge in [-0.25, -0.2) is 0 Å². The summed E-state index contributed by atoms with van der Waals surface area (Å²) in [6.45, 7) is 4.42. The van der Waals surface area contributed by atoms with Crippen molar-refractivity contribution in [2.45, 2.75) is 19.8 Å². The molecule has 0 aliphatic carbocycles. The van der Waals surface area contributed by atoms with Crippen LogP contribution in [0.2, 0.25) is 0 Å². The van der Waals surface area contributed by atoms with E-state index >= 15 is 0 Å². The topological polar surface area (TPSA) is 31.0 Å². The zero-order valence-electron chi connectivity index (χ0n) is 19.7. The number of benzene rings is 4. The quantitative estimate of drug-likeness (QED) is 0.268. The summed E-state index contributed by atoms with van der Waals surface area (Å²) < 4.78 is 9.11. The third kappa shape index (κ3) is 2.95. The van der Waals surface area contributed by atoms with Gasteiger partial charge in [0.05, 0.1) is 16.7 Å². The molecule has 35 heavy (non-hydrogen) atoms. The van der Waals surface area contributed by atoms with Gasteiger partial charge >= 0.3 is 0 Å². The highest BCUT2D eigenvalue weighted by atomic mass is 16.3. The van der Waals surface area contributed by atoms with Crippen LogP contribution in [0.25, 0.3) is 60.7 Å². The Morgan fingerprint density at radius 3 is 2.29 bits per heavy atom. The van der Waals surface area contributed by atoms with Crippen molar-refractivity contribution in [1.82, 2.24) is 9.55 Å². The first-order valence-corrected chi connectivity index (χ1v) is 12.1. The molecule has 3 aromatic heterocycles. The predicted molar refractivity (Wildman–Crippen MR) is 145 cm³/mol. The largest absolute Gasteiger partial charge is 0.453 e. The number of fused-ring (bicyclic) bond motifs is 7. The Bertz CT molecular complexity index is 1870. The minimum atomic E-state index is 0.438. The van der Waals surface area contributed by atoms with Gasteiger partial charge in [0, 0.05) is 39.0 Å². The second kappa shape index (κ2) is 7.57. The van der Waals surface area contributed by atoms with E-state index in [0.29, 0.717) is 5.92 Å². The van der Waals surface area contributed by atoms with E-state index in [2.05, 4.69) is 115 Å². The molecule has 0 saturated heterocycles. The lowest BCUT2D eigenvalue weighted by atomic mass is 10.0. The minimum Gasteiger partial charge on any atom is -0.453 e. The minimum absolute atomic E-state index is 0.438. The van der Waals surface area contributed by atoms with Gasteiger partial charge in [0.1, 0.15) is 5.58 Å². The molecule has 3 heterocycles. The summed E-state index contributed by atoms with van der Waals surface area (Å²) in [5, 5.41) is 4.65. The van der Waals surface area contributed by atoms with E-state index < -0.39 is 0 Å². The van der Waals surface area contributed by atoms with E-state index in [1.807, 2.05) is 6.20 Å². The molecule has 3 heteroatoms. The van der Waals surface area contributed by atoms with Crippen LogP contribution in [0.4, 0.5) is 0 Å². The molecular formula is C32H24N2O. The molecule has 0 unspecified atom stereocenters. The Kier molecular flexibility index (Phi) is 4.34. The van der Waals surface area contributed by atoms with Crippen molar-refractivity contribution in [2.75, 3.05) is 0 Å². The lowest BCUT2D eigenvalue weighted by Crippen LogP contribution is -1.93. The van der Waals surface area contributed by atoms with Crippen molar-refractivity contribution in [3.8, 4) is 16.9 Å². The standard InChI is InChI=1S/C32H24N2O/c1-20(2)21-17-18-33-28(19-21)27-13-8-12-25-26-16-15-24-23-11-6-7-14-29(23)34(22-9-4-3-5-10-22)30(24)32(26)35-31(25)27/h3-20H,1-2H3. The number of aromatic nitrogens is 2. The SMILES string of the molecule is CC(C)c1ccnc(-c2cccc3c2oc2c3ccc3c4ccccc4n(-c4ccccc4)c32)c1. The third-order valence-electron chi connectivity index (χ3n) is 7.04. The predicted octanol–water partition coefficient (Wildman–Crippen LogP) is 8.87. The Morgan fingerprint density at radius 1 is 0.686 bits per heavy atom. The number of pyridine rings is 1. The van der Waals surface area contributed by atoms with Crippen LogP contribution in [0.15, 0.2) is 108 Å². The maximum Gasteiger partial charge on any atom is 0.160 e. The van der Waals surface area contributed by atoms with Crippen molar-refractivity contribution >= 4 is 43.7 Å². The molecule has 4 aromatic carbocycles. The van der Waals surface area contributed by atoms with Gasteiger partial charge < -0.3 is 8.98 Å². The summed E-state index contributed by atoms with van der Waals surface area (Å²) in [6.07, 6.45) is 1.90. The summed E-state index contributed by atoms with van der Waals surface area (Å²) in [5.74, 6) is 0.438. The van der Waals surface area contributed by atoms with Gasteiger partial charge in [0.15, 0.2) is 5.58 Å². The molecule has 0 aliphatic heterocycles. The first-order valence-electron chi connectivity index (χ1n) is 12.1. The molecule has 0 saturated carbocycles. The highest BCUT2D eigenvalue weighted by Gasteiger charge is 2.20. The maximum atomic E-state index is 6.78. The summed E-state index contributed by atoms with van der Waals surface area (Å²) >= 11 is 0. The van der Waals surface area contributed by atoms with E-state index in [4.69, 9.17) is 9.40 Å². The fourth-order valence-electron chi connectivity index (χ4n) is 5.30. The molecule has 0 fully saturated rings. The van der Waals surface area contributed by atoms with Crippen LogP contribution >= 0.6 is 0 Å². The van der Waals surface area contributed by atoms with Crippen LogP contribution in [0.1, 0.15) is 25.3 Å². The van der Waals surface area contributed by atoms with E-state index in [1.165, 1.54) is 21.9 Å². The van der Waals surface area contributed by atoms with Gasteiger partial charge in [-0.15, -0.1) is 0 Å². The molecule has 168 valence electrons. The lowest BCUT2D eigenvalue weighted by molar-refractivity contribution is 0.672. The van der Waals surface area contributed by atoms with E-state index in [1.54, 1.807) is 0 Å². The fourth-order valence-corrected chi connectivity index (χ4v) is 5.30. The number of furan rings is 1. The van der Waals surface area contributed by atoms with Gasteiger partial charge in [-0.05, 0) is 53.9 Å². The number of nitrogens with zero attached hydrogens (tertiary/aromatic N) is 2. The van der Waals surface area contributed by atoms with E-state index in [0.717, 1.165) is 44.4 Å². The molecule has 0 amide bonds. The maximum absolute atomic E-state index is 6.78. The number of hydrogen-bond acceptors (Lipinski definition) is 2. The Morgan fingerprint density at radius 2 is 1.43 bits per heavy atom. The van der Waals surface area contributed by atoms with Crippen LogP contribution in [0.5, 0.6) is 0 Å². The summed E-state index contributed by atoms with van der Waals surface area (Å²) in [6, 6.07) is 34.2. The fraction of sp³-hybridized carbons (Fsp3) is 0.0938. The summed E-state index contributed by atoms with van der Waals surface area (Å²) in [7, 11) is 0. The van der Waals surface area contributed by atoms with Crippen LogP contribution in [0.3, 0.4) is 0 Å². The first kappa shape index (κ1) is 20.0. The molecule has 0 N–H and O–H groups in total. The van der Waals surface area contributed by atoms with Crippen molar-refractivity contribution in [3.63, 3.8) is 0 Å². The van der Waals surface area contributed by atoms with E-state index in [9.17, 15) is 0 Å². The van der Waals surface area contributed by atoms with Crippen LogP contribution in [0, 0.1) is 0 Å². The average molecular weight is 453 g/mol. The summed E-state index contributed by atoms with van der Waals surface area (Å²) in [5.41, 5.74) is 8.43. The highest BCUT2D eigenvalue weighted by molar-refractivity contribution is 6.22. The molecule has 0 atom stereocenters. The second-order valence-corrected chi connectivity index (χ2v) is 9.44. The molecule has 0 spiro atoms. The molecular weight excluding hydrogens is 428 g/mol. The Hall–Kier alpha value is -4.37. The van der Waals surface area contributed by atoms with Gasteiger partial charge in [-0.3, -0.25) is 4.98 Å². The zero-order valence-corrected chi connectivity index (χ0v) is 19.7. The van der Waals surface area contributed by atoms with Crippen molar-refractivity contribution < 1.29 is 4.42 Å². The Balaban J connectivity index is 1.61. The van der Waals surface area contributed by atoms with Crippen molar-refractivity contribution in [1.29, 1.82) is 0 Å². The van der Waals surface area contributed by atoms with Gasteiger partial charge in [0.2, 0.25) is 0 Å². The van der Waals surface area contributed by atoms with Crippen molar-refractivity contribution in [2.24, 2.45) is 0 Å². The number of rotatable bonds is 3. The third-order valence-corrected chi connectivity index (χ3v) is 7.04. The summed E-state index contributed by atoms with van der Waals surface area (Å²) in [4.78, 5) is 4.71. The first-order chi connectivity index (χ1) is 17.2. The van der Waals surface area contributed by atoms with Crippen molar-refractivity contribution in [3.05, 3.63) is 109 Å². The molecule has 3 nitrogen and oxygen atoms in total. The normalized spacial score (nSPS) is 12.0. The monoisotopic (exact) mass is 452 g/mol. The lowest BCUT2D eigenvalue weighted by Gasteiger charge is -2.08. The van der Waals surface area contributed by atoms with Gasteiger partial charge in [-0.2, -0.15) is 0 Å². The molecule has 7 rings (SSSR count). The second-order valence-electron chi connectivity index (χ2n) is 9.44. The van der Waals surface area contributed by atoms with E-state index in [-0.39, 0.29) is 0 Å². The Labute approximate surface area is 203 Å². The highest BCUT2D eigenvalue weighted by Crippen LogP contribution is 2.42. The van der Waals surface area contributed by atoms with Gasteiger partial charge in [0.25, 0.3) is 0 Å². The van der Waals surface area contributed by atoms with Gasteiger partial charge in [-0.1, -0.05) is 68.4 Å². The zero-order chi connectivity index (χ0) is 23.5. The molecule has 0 bridgehead atoms. The average Bonchev–Trinajstić information content (AvgIpc) is 3.45. The molecule has 7 aromatic rings. The molecule has 0 aliphatic rings. The van der Waals surface area contributed by atoms with Crippen LogP contribution in [-0.2, 0) is 0 Å². The van der Waals surface area contributed by atoms with Crippen LogP contribution in [-0.4, -0.2) is 9.55 Å². The van der Waals surface area contributed by atoms with Crippen LogP contribution < -0.4 is 0 Å². The number of para-hydroxylation sites is 3. The molecule has 0 radical (unpaired) electrons. The smallest absolute Gasteiger partial charge is 0.160 e.